The standard InChI is InChI=1S/C21H18ClN3O4S2/c1-28-15-6-3-11(9-16(15)29-2)7-8-23-20(27)17-18-24-19(26)13-10-12(22)4-5-14(13)25(18)21(30)31-17/h3-6,9-10H,7-8H2,1-2H3,(H,23,27)(H,24,26). The van der Waals surface area contributed by atoms with E-state index in [-0.39, 0.29) is 11.5 Å². The number of amides is 1. The lowest BCUT2D eigenvalue weighted by molar-refractivity contribution is 0.0959. The second kappa shape index (κ2) is 8.70. The minimum absolute atomic E-state index is 0.303. The van der Waals surface area contributed by atoms with Crippen LogP contribution in [0, 0.1) is 3.95 Å². The van der Waals surface area contributed by atoms with E-state index in [1.165, 1.54) is 0 Å². The number of H-pyrrole nitrogens is 1. The van der Waals surface area contributed by atoms with Crippen molar-refractivity contribution in [1.29, 1.82) is 0 Å². The maximum atomic E-state index is 12.8. The second-order valence-corrected chi connectivity index (χ2v) is 8.77. The van der Waals surface area contributed by atoms with Gasteiger partial charge in [-0.05, 0) is 54.5 Å². The second-order valence-electron chi connectivity index (χ2n) is 6.69. The molecule has 1 amide bonds. The Balaban J connectivity index is 1.59. The highest BCUT2D eigenvalue weighted by atomic mass is 35.5. The number of carbonyl (C=O) groups excluding carboxylic acids is 1. The first-order chi connectivity index (χ1) is 14.9. The minimum Gasteiger partial charge on any atom is -0.493 e. The van der Waals surface area contributed by atoms with Crippen LogP contribution in [0.4, 0.5) is 0 Å². The molecule has 0 bridgehead atoms. The normalized spacial score (nSPS) is 11.1. The van der Waals surface area contributed by atoms with Gasteiger partial charge in [0.15, 0.2) is 15.5 Å². The van der Waals surface area contributed by atoms with E-state index >= 15 is 0 Å². The van der Waals surface area contributed by atoms with Crippen molar-refractivity contribution in [1.82, 2.24) is 14.7 Å². The van der Waals surface area contributed by atoms with E-state index < -0.39 is 0 Å². The molecule has 0 saturated heterocycles. The molecule has 0 saturated carbocycles. The molecule has 2 aromatic heterocycles. The van der Waals surface area contributed by atoms with E-state index in [0.29, 0.717) is 54.9 Å². The van der Waals surface area contributed by atoms with Crippen LogP contribution in [0.3, 0.4) is 0 Å². The molecule has 0 aliphatic carbocycles. The molecule has 4 rings (SSSR count). The number of nitrogens with one attached hydrogen (secondary N) is 2. The number of benzene rings is 2. The molecule has 0 aliphatic rings. The number of aromatic amines is 1. The molecule has 31 heavy (non-hydrogen) atoms. The fourth-order valence-electron chi connectivity index (χ4n) is 3.36. The number of carbonyl (C=O) groups is 1. The number of methoxy groups -OCH3 is 2. The maximum Gasteiger partial charge on any atom is 0.265 e. The third-order valence-electron chi connectivity index (χ3n) is 4.84. The van der Waals surface area contributed by atoms with E-state index in [0.717, 1.165) is 16.9 Å². The van der Waals surface area contributed by atoms with Crippen molar-refractivity contribution in [3.8, 4) is 11.5 Å². The molecule has 0 unspecified atom stereocenters. The van der Waals surface area contributed by atoms with E-state index in [9.17, 15) is 9.59 Å². The van der Waals surface area contributed by atoms with Gasteiger partial charge >= 0.3 is 0 Å². The predicted octanol–water partition coefficient (Wildman–Crippen LogP) is 4.21. The summed E-state index contributed by atoms with van der Waals surface area (Å²) in [5, 5.41) is 3.75. The van der Waals surface area contributed by atoms with E-state index in [4.69, 9.17) is 33.3 Å². The highest BCUT2D eigenvalue weighted by Gasteiger charge is 2.18. The molecule has 0 atom stereocenters. The average molecular weight is 476 g/mol. The maximum absolute atomic E-state index is 12.8. The molecule has 160 valence electrons. The Bertz CT molecular complexity index is 1420. The Morgan fingerprint density at radius 3 is 2.71 bits per heavy atom. The number of ether oxygens (including phenoxy) is 2. The van der Waals surface area contributed by atoms with Crippen LogP contribution in [0.2, 0.25) is 5.02 Å². The van der Waals surface area contributed by atoms with Crippen LogP contribution >= 0.6 is 35.2 Å². The third-order valence-corrected chi connectivity index (χ3v) is 6.45. The number of halogens is 1. The largest absolute Gasteiger partial charge is 0.493 e. The third kappa shape index (κ3) is 4.04. The summed E-state index contributed by atoms with van der Waals surface area (Å²) in [5.74, 6) is 0.975. The minimum atomic E-state index is -0.329. The number of fused-ring (bicyclic) bond motifs is 3. The summed E-state index contributed by atoms with van der Waals surface area (Å²) in [6, 6.07) is 10.6. The van der Waals surface area contributed by atoms with Gasteiger partial charge in [-0.3, -0.25) is 14.0 Å². The van der Waals surface area contributed by atoms with Gasteiger partial charge in [0.2, 0.25) is 0 Å². The Morgan fingerprint density at radius 2 is 1.97 bits per heavy atom. The van der Waals surface area contributed by atoms with Gasteiger partial charge < -0.3 is 19.8 Å². The molecule has 2 N–H and O–H groups in total. The van der Waals surface area contributed by atoms with Crippen LogP contribution in [-0.4, -0.2) is 36.1 Å². The van der Waals surface area contributed by atoms with Crippen molar-refractivity contribution in [2.75, 3.05) is 20.8 Å². The topological polar surface area (TPSA) is 84.8 Å². The van der Waals surface area contributed by atoms with Crippen molar-refractivity contribution in [2.45, 2.75) is 6.42 Å². The number of nitrogens with zero attached hydrogens (tertiary/aromatic N) is 1. The lowest BCUT2D eigenvalue weighted by Gasteiger charge is -2.10. The molecule has 0 aliphatic heterocycles. The monoisotopic (exact) mass is 475 g/mol. The molecule has 2 heterocycles. The zero-order chi connectivity index (χ0) is 22.1. The van der Waals surface area contributed by atoms with Crippen molar-refractivity contribution in [2.24, 2.45) is 0 Å². The Labute approximate surface area is 191 Å². The SMILES string of the molecule is COc1ccc(CCNC(=O)c2sc(=S)n3c2[nH]c(=O)c2cc(Cl)ccc23)cc1OC. The summed E-state index contributed by atoms with van der Waals surface area (Å²) in [6.45, 7) is 0.401. The first kappa shape index (κ1) is 21.4. The predicted molar refractivity (Wildman–Crippen MR) is 125 cm³/mol. The number of rotatable bonds is 6. The first-order valence-corrected chi connectivity index (χ1v) is 10.9. The molecule has 10 heteroatoms. The molecule has 0 radical (unpaired) electrons. The summed E-state index contributed by atoms with van der Waals surface area (Å²) in [7, 11) is 3.16. The number of hydrogen-bond donors (Lipinski definition) is 2. The van der Waals surface area contributed by atoms with Gasteiger partial charge in [-0.1, -0.05) is 29.0 Å². The van der Waals surface area contributed by atoms with Gasteiger partial charge in [-0.25, -0.2) is 0 Å². The smallest absolute Gasteiger partial charge is 0.265 e. The van der Waals surface area contributed by atoms with Crippen molar-refractivity contribution in [3.63, 3.8) is 0 Å². The summed E-state index contributed by atoms with van der Waals surface area (Å²) in [6.07, 6.45) is 0.598. The quantitative estimate of drug-likeness (QED) is 0.408. The van der Waals surface area contributed by atoms with Gasteiger partial charge in [0.05, 0.1) is 25.1 Å². The lowest BCUT2D eigenvalue weighted by atomic mass is 10.1. The van der Waals surface area contributed by atoms with Gasteiger partial charge in [0.25, 0.3) is 11.5 Å². The van der Waals surface area contributed by atoms with Gasteiger partial charge in [0.1, 0.15) is 10.5 Å². The molecular formula is C21H18ClN3O4S2. The molecule has 2 aromatic carbocycles. The number of aromatic nitrogens is 2. The van der Waals surface area contributed by atoms with E-state index in [1.807, 2.05) is 18.2 Å². The Kier molecular flexibility index (Phi) is 5.99. The van der Waals surface area contributed by atoms with Crippen molar-refractivity contribution < 1.29 is 14.3 Å². The van der Waals surface area contributed by atoms with Crippen molar-refractivity contribution in [3.05, 3.63) is 66.2 Å². The number of thiazole rings is 1. The van der Waals surface area contributed by atoms with Crippen LogP contribution < -0.4 is 20.3 Å². The van der Waals surface area contributed by atoms with Crippen LogP contribution in [0.5, 0.6) is 11.5 Å². The molecule has 4 aromatic rings. The fraction of sp³-hybridized carbons (Fsp3) is 0.190. The Hall–Kier alpha value is -2.88. The summed E-state index contributed by atoms with van der Waals surface area (Å²) in [4.78, 5) is 28.5. The van der Waals surface area contributed by atoms with E-state index in [2.05, 4.69) is 10.3 Å². The molecular weight excluding hydrogens is 458 g/mol. The summed E-state index contributed by atoms with van der Waals surface area (Å²) < 4.78 is 12.7. The molecule has 0 fully saturated rings. The molecule has 7 nitrogen and oxygen atoms in total. The van der Waals surface area contributed by atoms with Crippen LogP contribution in [0.25, 0.3) is 16.6 Å². The van der Waals surface area contributed by atoms with Gasteiger partial charge in [-0.2, -0.15) is 0 Å². The van der Waals surface area contributed by atoms with Crippen molar-refractivity contribution >= 4 is 57.6 Å². The average Bonchev–Trinajstić information content (AvgIpc) is 3.10. The van der Waals surface area contributed by atoms with Gasteiger partial charge in [-0.15, -0.1) is 0 Å². The van der Waals surface area contributed by atoms with Gasteiger partial charge in [0, 0.05) is 11.6 Å². The summed E-state index contributed by atoms with van der Waals surface area (Å²) >= 11 is 12.6. The van der Waals surface area contributed by atoms with Crippen LogP contribution in [-0.2, 0) is 6.42 Å². The summed E-state index contributed by atoms with van der Waals surface area (Å²) in [5.41, 5.74) is 1.64. The lowest BCUT2D eigenvalue weighted by Crippen LogP contribution is -2.25. The highest BCUT2D eigenvalue weighted by Crippen LogP contribution is 2.28. The fourth-order valence-corrected chi connectivity index (χ4v) is 4.83. The van der Waals surface area contributed by atoms with Crippen LogP contribution in [0.15, 0.2) is 41.2 Å². The number of hydrogen-bond acceptors (Lipinski definition) is 6. The zero-order valence-corrected chi connectivity index (χ0v) is 19.0. The van der Waals surface area contributed by atoms with Crippen LogP contribution in [0.1, 0.15) is 15.2 Å². The first-order valence-electron chi connectivity index (χ1n) is 9.29. The molecule has 0 spiro atoms. The Morgan fingerprint density at radius 1 is 1.19 bits per heavy atom. The highest BCUT2D eigenvalue weighted by molar-refractivity contribution is 7.73. The zero-order valence-electron chi connectivity index (χ0n) is 16.7. The van der Waals surface area contributed by atoms with E-state index in [1.54, 1.807) is 36.8 Å².